The average Bonchev–Trinajstić information content (AvgIpc) is 2.55. The van der Waals surface area contributed by atoms with Gasteiger partial charge in [-0.3, -0.25) is 14.5 Å². The Bertz CT molecular complexity index is 543. The predicted octanol–water partition coefficient (Wildman–Crippen LogP) is 1.77. The summed E-state index contributed by atoms with van der Waals surface area (Å²) in [7, 11) is 0. The Labute approximate surface area is 145 Å². The van der Waals surface area contributed by atoms with Gasteiger partial charge in [0.05, 0.1) is 28.9 Å². The minimum atomic E-state index is -0.786. The molecule has 0 bridgehead atoms. The molecule has 2 N–H and O–H groups in total. The number of carbonyl (C=O) groups is 2. The summed E-state index contributed by atoms with van der Waals surface area (Å²) in [6.45, 7) is 4.58. The van der Waals surface area contributed by atoms with Crippen LogP contribution in [0, 0.1) is 0 Å². The normalized spacial score (nSPS) is 15.2. The van der Waals surface area contributed by atoms with Crippen molar-refractivity contribution in [1.29, 1.82) is 0 Å². The maximum Gasteiger partial charge on any atom is 0.313 e. The fraction of sp³-hybridized carbons (Fsp3) is 0.467. The van der Waals surface area contributed by atoms with E-state index in [0.717, 1.165) is 39.3 Å². The molecule has 6 nitrogen and oxygen atoms in total. The maximum absolute atomic E-state index is 11.8. The zero-order valence-electron chi connectivity index (χ0n) is 12.6. The number of halogens is 2. The molecule has 1 saturated heterocycles. The predicted molar refractivity (Wildman–Crippen MR) is 90.0 cm³/mol. The first kappa shape index (κ1) is 18.0. The van der Waals surface area contributed by atoms with Crippen LogP contribution in [-0.2, 0) is 14.3 Å². The molecule has 0 unspecified atom stereocenters. The van der Waals surface area contributed by atoms with E-state index in [9.17, 15) is 9.59 Å². The summed E-state index contributed by atoms with van der Waals surface area (Å²) in [5.41, 5.74) is 0.240. The van der Waals surface area contributed by atoms with Crippen LogP contribution in [0.15, 0.2) is 18.2 Å². The van der Waals surface area contributed by atoms with Gasteiger partial charge < -0.3 is 15.4 Å². The number of rotatable bonds is 5. The molecule has 0 saturated carbocycles. The highest BCUT2D eigenvalue weighted by molar-refractivity contribution is 6.44. The summed E-state index contributed by atoms with van der Waals surface area (Å²) in [5.74, 6) is -1.49. The van der Waals surface area contributed by atoms with Crippen molar-refractivity contribution in [3.8, 4) is 0 Å². The van der Waals surface area contributed by atoms with E-state index in [2.05, 4.69) is 15.5 Å². The minimum Gasteiger partial charge on any atom is -0.379 e. The van der Waals surface area contributed by atoms with Crippen LogP contribution in [0.1, 0.15) is 6.42 Å². The van der Waals surface area contributed by atoms with Crippen LogP contribution < -0.4 is 10.6 Å². The lowest BCUT2D eigenvalue weighted by Crippen LogP contribution is -2.39. The summed E-state index contributed by atoms with van der Waals surface area (Å²) in [4.78, 5) is 25.9. The second-order valence-electron chi connectivity index (χ2n) is 5.11. The van der Waals surface area contributed by atoms with Crippen LogP contribution in [0.2, 0.25) is 10.0 Å². The van der Waals surface area contributed by atoms with Crippen LogP contribution in [0.25, 0.3) is 0 Å². The number of para-hydroxylation sites is 1. The van der Waals surface area contributed by atoms with Crippen molar-refractivity contribution < 1.29 is 14.3 Å². The van der Waals surface area contributed by atoms with Crippen molar-refractivity contribution >= 4 is 40.7 Å². The second kappa shape index (κ2) is 9.08. The first-order chi connectivity index (χ1) is 11.1. The van der Waals surface area contributed by atoms with E-state index in [-0.39, 0.29) is 15.7 Å². The quantitative estimate of drug-likeness (QED) is 0.620. The Balaban J connectivity index is 1.71. The number of hydrogen-bond donors (Lipinski definition) is 2. The van der Waals surface area contributed by atoms with Gasteiger partial charge in [-0.2, -0.15) is 0 Å². The lowest BCUT2D eigenvalue weighted by Gasteiger charge is -2.26. The van der Waals surface area contributed by atoms with Gasteiger partial charge in [0.2, 0.25) is 0 Å². The fourth-order valence-electron chi connectivity index (χ4n) is 2.20. The topological polar surface area (TPSA) is 70.7 Å². The summed E-state index contributed by atoms with van der Waals surface area (Å²) in [6.07, 6.45) is 0.770. The number of anilines is 1. The molecule has 0 spiro atoms. The smallest absolute Gasteiger partial charge is 0.313 e. The number of amides is 2. The monoisotopic (exact) mass is 359 g/mol. The van der Waals surface area contributed by atoms with Gasteiger partial charge in [-0.15, -0.1) is 0 Å². The van der Waals surface area contributed by atoms with Crippen LogP contribution in [0.5, 0.6) is 0 Å². The SMILES string of the molecule is O=C(NCCCN1CCOCC1)C(=O)Nc1c(Cl)cccc1Cl. The van der Waals surface area contributed by atoms with Crippen LogP contribution >= 0.6 is 23.2 Å². The molecule has 1 aromatic rings. The van der Waals surface area contributed by atoms with Gasteiger partial charge in [0.25, 0.3) is 0 Å². The number of nitrogens with zero attached hydrogens (tertiary/aromatic N) is 1. The van der Waals surface area contributed by atoms with Crippen molar-refractivity contribution in [2.75, 3.05) is 44.7 Å². The van der Waals surface area contributed by atoms with E-state index < -0.39 is 11.8 Å². The Hall–Kier alpha value is -1.34. The first-order valence-electron chi connectivity index (χ1n) is 7.41. The molecular formula is C15H19Cl2N3O3. The van der Waals surface area contributed by atoms with Gasteiger partial charge in [0.1, 0.15) is 0 Å². The molecule has 23 heavy (non-hydrogen) atoms. The molecule has 1 aromatic carbocycles. The highest BCUT2D eigenvalue weighted by Crippen LogP contribution is 2.29. The largest absolute Gasteiger partial charge is 0.379 e. The minimum absolute atomic E-state index is 0.240. The van der Waals surface area contributed by atoms with E-state index in [1.807, 2.05) is 0 Å². The molecule has 2 amide bonds. The summed E-state index contributed by atoms with van der Waals surface area (Å²) >= 11 is 11.9. The maximum atomic E-state index is 11.8. The summed E-state index contributed by atoms with van der Waals surface area (Å²) in [5, 5.41) is 5.58. The van der Waals surface area contributed by atoms with Crippen molar-refractivity contribution in [3.63, 3.8) is 0 Å². The second-order valence-corrected chi connectivity index (χ2v) is 5.93. The van der Waals surface area contributed by atoms with Gasteiger partial charge in [-0.25, -0.2) is 0 Å². The number of morpholine rings is 1. The molecule has 1 fully saturated rings. The van der Waals surface area contributed by atoms with Crippen LogP contribution in [-0.4, -0.2) is 56.1 Å². The molecule has 1 aliphatic rings. The van der Waals surface area contributed by atoms with E-state index >= 15 is 0 Å². The number of benzene rings is 1. The molecule has 126 valence electrons. The van der Waals surface area contributed by atoms with Crippen molar-refractivity contribution in [1.82, 2.24) is 10.2 Å². The molecule has 1 heterocycles. The fourth-order valence-corrected chi connectivity index (χ4v) is 2.69. The molecule has 0 radical (unpaired) electrons. The Morgan fingerprint density at radius 1 is 1.13 bits per heavy atom. The molecule has 2 rings (SSSR count). The molecule has 8 heteroatoms. The van der Waals surface area contributed by atoms with E-state index in [4.69, 9.17) is 27.9 Å². The van der Waals surface area contributed by atoms with E-state index in [0.29, 0.717) is 6.54 Å². The molecular weight excluding hydrogens is 341 g/mol. The Morgan fingerprint density at radius 3 is 2.43 bits per heavy atom. The van der Waals surface area contributed by atoms with Gasteiger partial charge in [0.15, 0.2) is 0 Å². The van der Waals surface area contributed by atoms with Gasteiger partial charge in [-0.1, -0.05) is 29.3 Å². The standard InChI is InChI=1S/C15H19Cl2N3O3/c16-11-3-1-4-12(17)13(11)19-15(22)14(21)18-5-2-6-20-7-9-23-10-8-20/h1,3-4H,2,5-10H2,(H,18,21)(H,19,22). The highest BCUT2D eigenvalue weighted by Gasteiger charge is 2.16. The van der Waals surface area contributed by atoms with Gasteiger partial charge >= 0.3 is 11.8 Å². The summed E-state index contributed by atoms with van der Waals surface area (Å²) < 4.78 is 5.27. The number of ether oxygens (including phenoxy) is 1. The van der Waals surface area contributed by atoms with E-state index in [1.54, 1.807) is 18.2 Å². The first-order valence-corrected chi connectivity index (χ1v) is 8.17. The third-order valence-electron chi connectivity index (χ3n) is 3.45. The van der Waals surface area contributed by atoms with Crippen molar-refractivity contribution in [2.45, 2.75) is 6.42 Å². The third-order valence-corrected chi connectivity index (χ3v) is 4.08. The van der Waals surface area contributed by atoms with Crippen molar-refractivity contribution in [2.24, 2.45) is 0 Å². The van der Waals surface area contributed by atoms with Crippen LogP contribution in [0.3, 0.4) is 0 Å². The third kappa shape index (κ3) is 5.66. The Kier molecular flexibility index (Phi) is 7.11. The number of nitrogens with one attached hydrogen (secondary N) is 2. The number of hydrogen-bond acceptors (Lipinski definition) is 4. The number of carbonyl (C=O) groups excluding carboxylic acids is 2. The Morgan fingerprint density at radius 2 is 1.78 bits per heavy atom. The zero-order chi connectivity index (χ0) is 16.7. The molecule has 0 atom stereocenters. The van der Waals surface area contributed by atoms with Crippen molar-refractivity contribution in [3.05, 3.63) is 28.2 Å². The molecule has 0 aliphatic carbocycles. The molecule has 1 aliphatic heterocycles. The lowest BCUT2D eigenvalue weighted by molar-refractivity contribution is -0.136. The van der Waals surface area contributed by atoms with Crippen LogP contribution in [0.4, 0.5) is 5.69 Å². The zero-order valence-corrected chi connectivity index (χ0v) is 14.1. The molecule has 0 aromatic heterocycles. The van der Waals surface area contributed by atoms with E-state index in [1.165, 1.54) is 0 Å². The average molecular weight is 360 g/mol. The lowest BCUT2D eigenvalue weighted by atomic mass is 10.3. The van der Waals surface area contributed by atoms with Gasteiger partial charge in [-0.05, 0) is 25.1 Å². The highest BCUT2D eigenvalue weighted by atomic mass is 35.5. The van der Waals surface area contributed by atoms with Gasteiger partial charge in [0, 0.05) is 19.6 Å². The summed E-state index contributed by atoms with van der Waals surface area (Å²) in [6, 6.07) is 4.83.